The highest BCUT2D eigenvalue weighted by Gasteiger charge is 2.17. The Morgan fingerprint density at radius 3 is 2.44 bits per heavy atom. The van der Waals surface area contributed by atoms with Crippen molar-refractivity contribution in [3.05, 3.63) is 23.3 Å². The molecule has 0 saturated heterocycles. The molecule has 11 heteroatoms. The van der Waals surface area contributed by atoms with Gasteiger partial charge in [0.25, 0.3) is 11.7 Å². The highest BCUT2D eigenvalue weighted by Crippen LogP contribution is 2.42. The highest BCUT2D eigenvalue weighted by atomic mass is 32.1. The fourth-order valence-electron chi connectivity index (χ4n) is 2.10. The van der Waals surface area contributed by atoms with Crippen molar-refractivity contribution in [1.29, 1.82) is 0 Å². The number of rotatable bonds is 6. The smallest absolute Gasteiger partial charge is 0.298 e. The Kier molecular flexibility index (Phi) is 4.75. The lowest BCUT2D eigenvalue weighted by Gasteiger charge is -2.13. The van der Waals surface area contributed by atoms with Crippen molar-refractivity contribution < 1.29 is 19.0 Å². The molecule has 130 valence electrons. The first-order valence-corrected chi connectivity index (χ1v) is 7.85. The van der Waals surface area contributed by atoms with Gasteiger partial charge in [0.2, 0.25) is 5.75 Å². The fourth-order valence-corrected chi connectivity index (χ4v) is 2.84. The van der Waals surface area contributed by atoms with E-state index in [-0.39, 0.29) is 5.82 Å². The van der Waals surface area contributed by atoms with E-state index in [1.54, 1.807) is 31.7 Å². The van der Waals surface area contributed by atoms with E-state index in [1.165, 1.54) is 18.4 Å². The zero-order valence-corrected chi connectivity index (χ0v) is 14.4. The number of methoxy groups -OCH3 is 3. The number of amides is 1. The standard InChI is InChI=1S/C14H14N6O4S/c1-22-8-4-7(5-9(23-2)11(8)24-3)14-16-10(6-25-14)15-13(21)12-17-19-20-18-12/h4-6H,1-3H3,(H,15,21)(H,17,18,19,20). The lowest BCUT2D eigenvalue weighted by molar-refractivity contribution is 0.101. The molecule has 25 heavy (non-hydrogen) atoms. The zero-order chi connectivity index (χ0) is 17.8. The van der Waals surface area contributed by atoms with Gasteiger partial charge < -0.3 is 19.5 Å². The van der Waals surface area contributed by atoms with Crippen LogP contribution in [0.2, 0.25) is 0 Å². The van der Waals surface area contributed by atoms with Gasteiger partial charge in [-0.15, -0.1) is 21.5 Å². The lowest BCUT2D eigenvalue weighted by Crippen LogP contribution is -2.14. The van der Waals surface area contributed by atoms with Gasteiger partial charge in [-0.1, -0.05) is 0 Å². The lowest BCUT2D eigenvalue weighted by atomic mass is 10.2. The first-order chi connectivity index (χ1) is 12.2. The Balaban J connectivity index is 1.88. The summed E-state index contributed by atoms with van der Waals surface area (Å²) in [5.41, 5.74) is 0.763. The van der Waals surface area contributed by atoms with E-state index < -0.39 is 5.91 Å². The zero-order valence-electron chi connectivity index (χ0n) is 13.6. The van der Waals surface area contributed by atoms with Crippen molar-refractivity contribution in [2.45, 2.75) is 0 Å². The largest absolute Gasteiger partial charge is 0.493 e. The van der Waals surface area contributed by atoms with Gasteiger partial charge in [0.1, 0.15) is 10.8 Å². The number of carbonyl (C=O) groups excluding carboxylic acids is 1. The molecule has 0 aliphatic heterocycles. The SMILES string of the molecule is COc1cc(-c2nc(NC(=O)c3nn[nH]n3)cs2)cc(OC)c1OC. The second-order valence-electron chi connectivity index (χ2n) is 4.64. The van der Waals surface area contributed by atoms with Gasteiger partial charge in [0.05, 0.1) is 21.3 Å². The van der Waals surface area contributed by atoms with Crippen LogP contribution in [0.5, 0.6) is 17.2 Å². The van der Waals surface area contributed by atoms with Crippen LogP contribution in [-0.4, -0.2) is 52.8 Å². The van der Waals surface area contributed by atoms with Gasteiger partial charge in [-0.3, -0.25) is 4.79 Å². The van der Waals surface area contributed by atoms with Gasteiger partial charge in [0, 0.05) is 10.9 Å². The summed E-state index contributed by atoms with van der Waals surface area (Å²) in [6.07, 6.45) is 0. The Morgan fingerprint density at radius 1 is 1.16 bits per heavy atom. The number of H-pyrrole nitrogens is 1. The molecule has 1 amide bonds. The number of nitrogens with zero attached hydrogens (tertiary/aromatic N) is 4. The van der Waals surface area contributed by atoms with Crippen molar-refractivity contribution in [3.63, 3.8) is 0 Å². The molecule has 10 nitrogen and oxygen atoms in total. The van der Waals surface area contributed by atoms with Crippen LogP contribution in [0.3, 0.4) is 0 Å². The second-order valence-corrected chi connectivity index (χ2v) is 5.50. The van der Waals surface area contributed by atoms with Crippen molar-refractivity contribution in [1.82, 2.24) is 25.6 Å². The molecule has 0 saturated carbocycles. The molecular formula is C14H14N6O4S. The molecule has 3 aromatic rings. The topological polar surface area (TPSA) is 124 Å². The molecule has 0 atom stereocenters. The van der Waals surface area contributed by atoms with Crippen LogP contribution in [0, 0.1) is 0 Å². The van der Waals surface area contributed by atoms with E-state index in [2.05, 4.69) is 30.9 Å². The molecule has 0 radical (unpaired) electrons. The van der Waals surface area contributed by atoms with Crippen LogP contribution in [0.4, 0.5) is 5.82 Å². The van der Waals surface area contributed by atoms with Gasteiger partial charge in [-0.25, -0.2) is 4.98 Å². The molecule has 2 N–H and O–H groups in total. The third kappa shape index (κ3) is 3.35. The summed E-state index contributed by atoms with van der Waals surface area (Å²) >= 11 is 1.35. The van der Waals surface area contributed by atoms with Crippen molar-refractivity contribution in [2.24, 2.45) is 0 Å². The quantitative estimate of drug-likeness (QED) is 0.677. The number of thiazole rings is 1. The van der Waals surface area contributed by atoms with E-state index in [1.807, 2.05) is 0 Å². The van der Waals surface area contributed by atoms with Crippen LogP contribution in [0.1, 0.15) is 10.6 Å². The summed E-state index contributed by atoms with van der Waals surface area (Å²) in [5, 5.41) is 17.8. The van der Waals surface area contributed by atoms with E-state index in [0.29, 0.717) is 28.1 Å². The number of carbonyl (C=O) groups is 1. The normalized spacial score (nSPS) is 10.4. The first-order valence-electron chi connectivity index (χ1n) is 6.97. The van der Waals surface area contributed by atoms with E-state index in [0.717, 1.165) is 5.56 Å². The minimum absolute atomic E-state index is 0.0673. The van der Waals surface area contributed by atoms with Gasteiger partial charge in [-0.05, 0) is 17.3 Å². The predicted octanol–water partition coefficient (Wildman–Crippen LogP) is 1.60. The average Bonchev–Trinajstić information content (AvgIpc) is 3.32. The third-order valence-corrected chi connectivity index (χ3v) is 4.10. The van der Waals surface area contributed by atoms with Crippen LogP contribution in [0.25, 0.3) is 10.6 Å². The molecule has 0 spiro atoms. The summed E-state index contributed by atoms with van der Waals surface area (Å²) in [7, 11) is 4.62. The Labute approximate surface area is 146 Å². The molecule has 2 heterocycles. The maximum absolute atomic E-state index is 11.9. The molecule has 0 unspecified atom stereocenters. The monoisotopic (exact) mass is 362 g/mol. The summed E-state index contributed by atoms with van der Waals surface area (Å²) in [6.45, 7) is 0. The van der Waals surface area contributed by atoms with E-state index >= 15 is 0 Å². The summed E-state index contributed by atoms with van der Waals surface area (Å²) in [5.74, 6) is 1.34. The molecular weight excluding hydrogens is 348 g/mol. The summed E-state index contributed by atoms with van der Waals surface area (Å²) < 4.78 is 16.0. The average molecular weight is 362 g/mol. The highest BCUT2D eigenvalue weighted by molar-refractivity contribution is 7.13. The molecule has 2 aromatic heterocycles. The van der Waals surface area contributed by atoms with Crippen LogP contribution < -0.4 is 19.5 Å². The summed E-state index contributed by atoms with van der Waals surface area (Å²) in [4.78, 5) is 16.3. The molecule has 0 aliphatic rings. The second kappa shape index (κ2) is 7.13. The first kappa shape index (κ1) is 16.6. The molecule has 0 aliphatic carbocycles. The number of ether oxygens (including phenoxy) is 3. The van der Waals surface area contributed by atoms with Crippen LogP contribution in [0.15, 0.2) is 17.5 Å². The minimum atomic E-state index is -0.504. The van der Waals surface area contributed by atoms with Gasteiger partial charge in [-0.2, -0.15) is 5.21 Å². The third-order valence-electron chi connectivity index (χ3n) is 3.21. The van der Waals surface area contributed by atoms with Crippen LogP contribution >= 0.6 is 11.3 Å². The Morgan fingerprint density at radius 2 is 1.88 bits per heavy atom. The Hall–Kier alpha value is -3.21. The van der Waals surface area contributed by atoms with Crippen molar-refractivity contribution in [3.8, 4) is 27.8 Å². The summed E-state index contributed by atoms with van der Waals surface area (Å²) in [6, 6.07) is 3.57. The van der Waals surface area contributed by atoms with Gasteiger partial charge in [0.15, 0.2) is 11.5 Å². The number of tetrazole rings is 1. The van der Waals surface area contributed by atoms with E-state index in [4.69, 9.17) is 14.2 Å². The fraction of sp³-hybridized carbons (Fsp3) is 0.214. The van der Waals surface area contributed by atoms with E-state index in [9.17, 15) is 4.79 Å². The number of aromatic nitrogens is 5. The number of aromatic amines is 1. The number of hydrogen-bond donors (Lipinski definition) is 2. The van der Waals surface area contributed by atoms with Crippen molar-refractivity contribution in [2.75, 3.05) is 26.6 Å². The Bertz CT molecular complexity index is 854. The number of benzene rings is 1. The number of nitrogens with one attached hydrogen (secondary N) is 2. The minimum Gasteiger partial charge on any atom is -0.493 e. The molecule has 0 bridgehead atoms. The number of hydrogen-bond acceptors (Lipinski definition) is 9. The molecule has 0 fully saturated rings. The maximum atomic E-state index is 11.9. The predicted molar refractivity (Wildman–Crippen MR) is 89.3 cm³/mol. The molecule has 1 aromatic carbocycles. The van der Waals surface area contributed by atoms with Crippen molar-refractivity contribution >= 4 is 23.1 Å². The van der Waals surface area contributed by atoms with Gasteiger partial charge >= 0.3 is 0 Å². The molecule has 3 rings (SSSR count). The van der Waals surface area contributed by atoms with Crippen LogP contribution in [-0.2, 0) is 0 Å². The maximum Gasteiger partial charge on any atom is 0.298 e. The number of anilines is 1.